The third-order valence-electron chi connectivity index (χ3n) is 2.48. The van der Waals surface area contributed by atoms with Crippen molar-refractivity contribution >= 4 is 17.7 Å². The summed E-state index contributed by atoms with van der Waals surface area (Å²) in [5.74, 6) is -0.0413. The first-order valence-corrected chi connectivity index (χ1v) is 5.84. The van der Waals surface area contributed by atoms with E-state index in [0.717, 1.165) is 0 Å². The lowest BCUT2D eigenvalue weighted by atomic mass is 10.2. The Balaban J connectivity index is 1.98. The van der Waals surface area contributed by atoms with Crippen LogP contribution < -0.4 is 4.74 Å². The highest BCUT2D eigenvalue weighted by molar-refractivity contribution is 5.88. The molecule has 2 rings (SSSR count). The Morgan fingerprint density at radius 2 is 1.70 bits per heavy atom. The van der Waals surface area contributed by atoms with Gasteiger partial charge in [-0.15, -0.1) is 0 Å². The van der Waals surface area contributed by atoms with Crippen molar-refractivity contribution in [3.63, 3.8) is 0 Å². The Morgan fingerprint density at radius 3 is 2.30 bits per heavy atom. The molecule has 0 spiro atoms. The summed E-state index contributed by atoms with van der Waals surface area (Å²) in [7, 11) is 0. The third kappa shape index (κ3) is 3.78. The second-order valence-electron chi connectivity index (χ2n) is 3.92. The Bertz CT molecular complexity index is 633. The first-order valence-electron chi connectivity index (χ1n) is 5.84. The van der Waals surface area contributed by atoms with Crippen LogP contribution in [0.15, 0.2) is 60.7 Å². The van der Waals surface area contributed by atoms with Crippen LogP contribution in [0.1, 0.15) is 5.56 Å². The van der Waals surface area contributed by atoms with E-state index >= 15 is 0 Å². The highest BCUT2D eigenvalue weighted by Crippen LogP contribution is 2.13. The SMILES string of the molecule is O=C(C=Cc1ccc([N+](=O)[O-])cc1)Oc1ccccc1. The lowest BCUT2D eigenvalue weighted by molar-refractivity contribution is -0.384. The number of hydrogen-bond acceptors (Lipinski definition) is 4. The summed E-state index contributed by atoms with van der Waals surface area (Å²) in [6, 6.07) is 14.6. The highest BCUT2D eigenvalue weighted by Gasteiger charge is 2.03. The highest BCUT2D eigenvalue weighted by atomic mass is 16.6. The van der Waals surface area contributed by atoms with Crippen LogP contribution in [0.3, 0.4) is 0 Å². The van der Waals surface area contributed by atoms with Gasteiger partial charge in [0.2, 0.25) is 0 Å². The second-order valence-corrected chi connectivity index (χ2v) is 3.92. The first-order chi connectivity index (χ1) is 9.65. The number of rotatable bonds is 4. The summed E-state index contributed by atoms with van der Waals surface area (Å²) in [4.78, 5) is 21.6. The minimum absolute atomic E-state index is 0.00834. The molecule has 0 bridgehead atoms. The van der Waals surface area contributed by atoms with Gasteiger partial charge in [0.15, 0.2) is 0 Å². The molecule has 5 nitrogen and oxygen atoms in total. The average Bonchev–Trinajstić information content (AvgIpc) is 2.46. The molecule has 0 fully saturated rings. The molecule has 0 aliphatic rings. The largest absolute Gasteiger partial charge is 0.423 e. The minimum Gasteiger partial charge on any atom is -0.423 e. The quantitative estimate of drug-likeness (QED) is 0.281. The molecule has 0 aliphatic carbocycles. The predicted octanol–water partition coefficient (Wildman–Crippen LogP) is 3.21. The molecule has 5 heteroatoms. The van der Waals surface area contributed by atoms with Gasteiger partial charge in [0, 0.05) is 18.2 Å². The summed E-state index contributed by atoms with van der Waals surface area (Å²) in [5.41, 5.74) is 0.689. The van der Waals surface area contributed by atoms with Crippen LogP contribution in [0.25, 0.3) is 6.08 Å². The van der Waals surface area contributed by atoms with Crippen LogP contribution in [-0.2, 0) is 4.79 Å². The van der Waals surface area contributed by atoms with E-state index in [1.165, 1.54) is 24.3 Å². The number of nitro benzene ring substituents is 1. The second kappa shape index (κ2) is 6.29. The average molecular weight is 269 g/mol. The number of esters is 1. The van der Waals surface area contributed by atoms with E-state index in [1.54, 1.807) is 36.4 Å². The van der Waals surface area contributed by atoms with E-state index in [0.29, 0.717) is 11.3 Å². The molecule has 0 unspecified atom stereocenters. The van der Waals surface area contributed by atoms with Crippen molar-refractivity contribution in [3.05, 3.63) is 76.4 Å². The molecule has 0 saturated heterocycles. The molecule has 0 aliphatic heterocycles. The van der Waals surface area contributed by atoms with E-state index in [1.807, 2.05) is 6.07 Å². The van der Waals surface area contributed by atoms with Crippen LogP contribution in [-0.4, -0.2) is 10.9 Å². The predicted molar refractivity (Wildman–Crippen MR) is 74.2 cm³/mol. The van der Waals surface area contributed by atoms with Crippen LogP contribution >= 0.6 is 0 Å². The van der Waals surface area contributed by atoms with Gasteiger partial charge in [-0.2, -0.15) is 0 Å². The zero-order chi connectivity index (χ0) is 14.4. The van der Waals surface area contributed by atoms with Gasteiger partial charge < -0.3 is 4.74 Å². The summed E-state index contributed by atoms with van der Waals surface area (Å²) >= 11 is 0. The molecule has 20 heavy (non-hydrogen) atoms. The van der Waals surface area contributed by atoms with Gasteiger partial charge in [-0.25, -0.2) is 4.79 Å². The van der Waals surface area contributed by atoms with Crippen molar-refractivity contribution in [2.75, 3.05) is 0 Å². The van der Waals surface area contributed by atoms with Gasteiger partial charge in [0.05, 0.1) is 4.92 Å². The molecular formula is C15H11NO4. The minimum atomic E-state index is -0.505. The Kier molecular flexibility index (Phi) is 4.24. The number of carbonyl (C=O) groups excluding carboxylic acids is 1. The van der Waals surface area contributed by atoms with Crippen molar-refractivity contribution in [1.82, 2.24) is 0 Å². The van der Waals surface area contributed by atoms with Crippen molar-refractivity contribution in [2.45, 2.75) is 0 Å². The number of carbonyl (C=O) groups is 1. The van der Waals surface area contributed by atoms with Crippen LogP contribution in [0.2, 0.25) is 0 Å². The molecule has 100 valence electrons. The number of ether oxygens (including phenoxy) is 1. The normalized spacial score (nSPS) is 10.4. The van der Waals surface area contributed by atoms with Gasteiger partial charge in [-0.1, -0.05) is 18.2 Å². The molecule has 0 atom stereocenters. The van der Waals surface area contributed by atoms with E-state index in [4.69, 9.17) is 4.74 Å². The standard InChI is InChI=1S/C15H11NO4/c17-15(20-14-4-2-1-3-5-14)11-8-12-6-9-13(10-7-12)16(18)19/h1-11H. The molecule has 0 saturated carbocycles. The number of nitro groups is 1. The number of para-hydroxylation sites is 1. The van der Waals surface area contributed by atoms with Crippen molar-refractivity contribution in [3.8, 4) is 5.75 Å². The number of nitrogens with zero attached hydrogens (tertiary/aromatic N) is 1. The maximum absolute atomic E-state index is 11.5. The maximum Gasteiger partial charge on any atom is 0.336 e. The first kappa shape index (κ1) is 13.5. The van der Waals surface area contributed by atoms with Gasteiger partial charge in [-0.3, -0.25) is 10.1 Å². The molecule has 0 aromatic heterocycles. The molecule has 2 aromatic carbocycles. The number of hydrogen-bond donors (Lipinski definition) is 0. The van der Waals surface area contributed by atoms with Crippen LogP contribution in [0.5, 0.6) is 5.75 Å². The Hall–Kier alpha value is -2.95. The van der Waals surface area contributed by atoms with Gasteiger partial charge in [0.25, 0.3) is 5.69 Å². The molecule has 0 N–H and O–H groups in total. The number of benzene rings is 2. The van der Waals surface area contributed by atoms with Gasteiger partial charge in [-0.05, 0) is 35.9 Å². The van der Waals surface area contributed by atoms with Crippen LogP contribution in [0, 0.1) is 10.1 Å². The summed E-state index contributed by atoms with van der Waals surface area (Å²) in [5, 5.41) is 10.5. The monoisotopic (exact) mass is 269 g/mol. The smallest absolute Gasteiger partial charge is 0.336 e. The van der Waals surface area contributed by atoms with Gasteiger partial charge in [0.1, 0.15) is 5.75 Å². The number of non-ortho nitro benzene ring substituents is 1. The van der Waals surface area contributed by atoms with Crippen molar-refractivity contribution in [1.29, 1.82) is 0 Å². The zero-order valence-corrected chi connectivity index (χ0v) is 10.4. The molecule has 0 radical (unpaired) electrons. The Morgan fingerprint density at radius 1 is 1.05 bits per heavy atom. The van der Waals surface area contributed by atoms with Crippen molar-refractivity contribution in [2.24, 2.45) is 0 Å². The van der Waals surface area contributed by atoms with Gasteiger partial charge >= 0.3 is 5.97 Å². The molecule has 0 heterocycles. The summed E-state index contributed by atoms with van der Waals surface area (Å²) in [6.45, 7) is 0. The lowest BCUT2D eigenvalue weighted by Gasteiger charge is -1.99. The fourth-order valence-corrected chi connectivity index (χ4v) is 1.51. The zero-order valence-electron chi connectivity index (χ0n) is 10.4. The topological polar surface area (TPSA) is 69.4 Å². The van der Waals surface area contributed by atoms with Crippen molar-refractivity contribution < 1.29 is 14.5 Å². The molecular weight excluding hydrogens is 258 g/mol. The maximum atomic E-state index is 11.5. The lowest BCUT2D eigenvalue weighted by Crippen LogP contribution is -2.03. The Labute approximate surface area is 115 Å². The molecule has 2 aromatic rings. The fourth-order valence-electron chi connectivity index (χ4n) is 1.51. The molecule has 0 amide bonds. The van der Waals surface area contributed by atoms with Crippen LogP contribution in [0.4, 0.5) is 5.69 Å². The van der Waals surface area contributed by atoms with E-state index in [-0.39, 0.29) is 5.69 Å². The summed E-state index contributed by atoms with van der Waals surface area (Å²) in [6.07, 6.45) is 2.81. The third-order valence-corrected chi connectivity index (χ3v) is 2.48. The van der Waals surface area contributed by atoms with E-state index in [2.05, 4.69) is 0 Å². The summed E-state index contributed by atoms with van der Waals surface area (Å²) < 4.78 is 5.06. The fraction of sp³-hybridized carbons (Fsp3) is 0. The van der Waals surface area contributed by atoms with E-state index in [9.17, 15) is 14.9 Å². The van der Waals surface area contributed by atoms with E-state index < -0.39 is 10.9 Å².